The summed E-state index contributed by atoms with van der Waals surface area (Å²) in [6, 6.07) is 14.8. The molecule has 0 aliphatic rings. The number of carbonyl (C=O) groups is 1. The molecule has 8 heteroatoms. The highest BCUT2D eigenvalue weighted by atomic mass is 16.2. The van der Waals surface area contributed by atoms with Gasteiger partial charge >= 0.3 is 5.69 Å². The van der Waals surface area contributed by atoms with Crippen LogP contribution in [-0.4, -0.2) is 25.7 Å². The quantitative estimate of drug-likeness (QED) is 0.497. The van der Waals surface area contributed by atoms with Gasteiger partial charge in [0.05, 0.1) is 17.9 Å². The molecule has 4 rings (SSSR count). The Bertz CT molecular complexity index is 1300. The van der Waals surface area contributed by atoms with Crippen molar-refractivity contribution in [2.75, 3.05) is 0 Å². The summed E-state index contributed by atoms with van der Waals surface area (Å²) in [6.45, 7) is 3.75. The first-order valence-corrected chi connectivity index (χ1v) is 9.11. The molecule has 29 heavy (non-hydrogen) atoms. The van der Waals surface area contributed by atoms with E-state index in [0.29, 0.717) is 0 Å². The predicted molar refractivity (Wildman–Crippen MR) is 109 cm³/mol. The van der Waals surface area contributed by atoms with E-state index in [0.717, 1.165) is 33.8 Å². The number of nitrogens with one attached hydrogen (secondary N) is 3. The summed E-state index contributed by atoms with van der Waals surface area (Å²) < 4.78 is 1.84. The van der Waals surface area contributed by atoms with Crippen LogP contribution in [0.4, 0.5) is 0 Å². The van der Waals surface area contributed by atoms with Crippen LogP contribution in [0.2, 0.25) is 0 Å². The fourth-order valence-corrected chi connectivity index (χ4v) is 3.43. The molecule has 0 saturated heterocycles. The molecule has 0 saturated carbocycles. The van der Waals surface area contributed by atoms with Crippen molar-refractivity contribution in [3.8, 4) is 5.69 Å². The largest absolute Gasteiger partial charge is 0.344 e. The van der Waals surface area contributed by atoms with E-state index in [-0.39, 0.29) is 11.7 Å². The van der Waals surface area contributed by atoms with Gasteiger partial charge in [-0.15, -0.1) is 0 Å². The number of benzene rings is 2. The number of nitrogens with zero attached hydrogens (tertiary/aromatic N) is 2. The molecule has 0 fully saturated rings. The van der Waals surface area contributed by atoms with E-state index in [1.165, 1.54) is 0 Å². The number of fused-ring (bicyclic) bond motifs is 1. The van der Waals surface area contributed by atoms with E-state index in [4.69, 9.17) is 0 Å². The molecule has 1 amide bonds. The minimum atomic E-state index is -0.727. The van der Waals surface area contributed by atoms with Gasteiger partial charge in [-0.05, 0) is 25.3 Å². The van der Waals surface area contributed by atoms with Gasteiger partial charge in [-0.25, -0.2) is 9.48 Å². The standard InChI is InChI=1S/C21H19N5O3/c1-12(23-20(28)17-10-19(27)25-21(29)24-17)16-11-22-26(13(16)2)18-9-5-7-14-6-3-4-8-15(14)18/h3-12H,1-2H3,(H,23,28)(H2,24,25,27,29)/t12-/m1/s1. The van der Waals surface area contributed by atoms with Crippen LogP contribution in [0.15, 0.2) is 64.3 Å². The van der Waals surface area contributed by atoms with E-state index < -0.39 is 17.2 Å². The van der Waals surface area contributed by atoms with Crippen LogP contribution in [0.3, 0.4) is 0 Å². The highest BCUT2D eigenvalue weighted by Crippen LogP contribution is 2.25. The van der Waals surface area contributed by atoms with E-state index in [1.807, 2.05) is 66.0 Å². The monoisotopic (exact) mass is 389 g/mol. The van der Waals surface area contributed by atoms with Gasteiger partial charge in [0.2, 0.25) is 0 Å². The van der Waals surface area contributed by atoms with Crippen molar-refractivity contribution in [3.05, 3.63) is 92.5 Å². The van der Waals surface area contributed by atoms with Crippen molar-refractivity contribution >= 4 is 16.7 Å². The Morgan fingerprint density at radius 3 is 2.66 bits per heavy atom. The third kappa shape index (κ3) is 3.47. The average molecular weight is 389 g/mol. The van der Waals surface area contributed by atoms with E-state index in [1.54, 1.807) is 6.20 Å². The second-order valence-electron chi connectivity index (χ2n) is 6.79. The fourth-order valence-electron chi connectivity index (χ4n) is 3.43. The highest BCUT2D eigenvalue weighted by molar-refractivity contribution is 5.92. The Balaban J connectivity index is 1.65. The minimum Gasteiger partial charge on any atom is -0.344 e. The lowest BCUT2D eigenvalue weighted by molar-refractivity contribution is 0.0934. The molecule has 0 unspecified atom stereocenters. The van der Waals surface area contributed by atoms with E-state index in [2.05, 4.69) is 15.4 Å². The van der Waals surface area contributed by atoms with Crippen molar-refractivity contribution < 1.29 is 4.79 Å². The topological polar surface area (TPSA) is 113 Å². The lowest BCUT2D eigenvalue weighted by Crippen LogP contribution is -2.32. The number of hydrogen-bond donors (Lipinski definition) is 3. The second-order valence-corrected chi connectivity index (χ2v) is 6.79. The molecule has 146 valence electrons. The predicted octanol–water partition coefficient (Wildman–Crippen LogP) is 2.20. The normalized spacial score (nSPS) is 12.1. The first kappa shape index (κ1) is 18.4. The molecule has 1 atom stereocenters. The van der Waals surface area contributed by atoms with Crippen molar-refractivity contribution in [2.45, 2.75) is 19.9 Å². The molecule has 0 bridgehead atoms. The second kappa shape index (κ2) is 7.23. The molecular weight excluding hydrogens is 370 g/mol. The van der Waals surface area contributed by atoms with Gasteiger partial charge in [0, 0.05) is 22.7 Å². The molecule has 0 aliphatic heterocycles. The van der Waals surface area contributed by atoms with Crippen molar-refractivity contribution in [1.82, 2.24) is 25.1 Å². The molecule has 0 spiro atoms. The molecule has 3 N–H and O–H groups in total. The first-order valence-electron chi connectivity index (χ1n) is 9.11. The van der Waals surface area contributed by atoms with Gasteiger partial charge in [-0.1, -0.05) is 36.4 Å². The Morgan fingerprint density at radius 1 is 1.10 bits per heavy atom. The molecule has 2 heterocycles. The summed E-state index contributed by atoms with van der Waals surface area (Å²) >= 11 is 0. The van der Waals surface area contributed by atoms with Gasteiger partial charge in [0.25, 0.3) is 11.5 Å². The molecule has 4 aromatic rings. The number of rotatable bonds is 4. The van der Waals surface area contributed by atoms with Crippen molar-refractivity contribution in [2.24, 2.45) is 0 Å². The third-order valence-corrected chi connectivity index (χ3v) is 4.86. The number of aromatic amines is 2. The van der Waals surface area contributed by atoms with Gasteiger partial charge < -0.3 is 10.3 Å². The number of aromatic nitrogens is 4. The minimum absolute atomic E-state index is 0.0929. The third-order valence-electron chi connectivity index (χ3n) is 4.86. The van der Waals surface area contributed by atoms with Crippen molar-refractivity contribution in [1.29, 1.82) is 0 Å². The Morgan fingerprint density at radius 2 is 1.86 bits per heavy atom. The zero-order valence-corrected chi connectivity index (χ0v) is 15.9. The summed E-state index contributed by atoms with van der Waals surface area (Å²) in [5.41, 5.74) is 1.21. The smallest absolute Gasteiger partial charge is 0.326 e. The lowest BCUT2D eigenvalue weighted by Gasteiger charge is -2.14. The maximum Gasteiger partial charge on any atom is 0.326 e. The summed E-state index contributed by atoms with van der Waals surface area (Å²) in [5, 5.41) is 9.50. The maximum absolute atomic E-state index is 12.4. The zero-order valence-electron chi connectivity index (χ0n) is 15.9. The number of carbonyl (C=O) groups excluding carboxylic acids is 1. The van der Waals surface area contributed by atoms with Crippen LogP contribution in [0.1, 0.15) is 34.7 Å². The van der Waals surface area contributed by atoms with Gasteiger partial charge in [-0.3, -0.25) is 14.6 Å². The highest BCUT2D eigenvalue weighted by Gasteiger charge is 2.18. The Hall–Kier alpha value is -3.94. The molecule has 0 aliphatic carbocycles. The van der Waals surface area contributed by atoms with Gasteiger partial charge in [0.15, 0.2) is 0 Å². The number of hydrogen-bond acceptors (Lipinski definition) is 4. The van der Waals surface area contributed by atoms with E-state index >= 15 is 0 Å². The van der Waals surface area contributed by atoms with Crippen LogP contribution in [-0.2, 0) is 0 Å². The number of H-pyrrole nitrogens is 2. The summed E-state index contributed by atoms with van der Waals surface area (Å²) in [6.07, 6.45) is 1.71. The summed E-state index contributed by atoms with van der Waals surface area (Å²) in [4.78, 5) is 39.6. The van der Waals surface area contributed by atoms with Crippen LogP contribution < -0.4 is 16.6 Å². The van der Waals surface area contributed by atoms with Crippen LogP contribution >= 0.6 is 0 Å². The fraction of sp³-hybridized carbons (Fsp3) is 0.143. The Kier molecular flexibility index (Phi) is 4.59. The molecule has 2 aromatic carbocycles. The lowest BCUT2D eigenvalue weighted by atomic mass is 10.1. The average Bonchev–Trinajstić information content (AvgIpc) is 3.08. The van der Waals surface area contributed by atoms with Crippen LogP contribution in [0, 0.1) is 6.92 Å². The summed E-state index contributed by atoms with van der Waals surface area (Å²) in [7, 11) is 0. The zero-order chi connectivity index (χ0) is 20.5. The van der Waals surface area contributed by atoms with Gasteiger partial charge in [0.1, 0.15) is 5.69 Å². The number of amides is 1. The van der Waals surface area contributed by atoms with Crippen molar-refractivity contribution in [3.63, 3.8) is 0 Å². The molecule has 0 radical (unpaired) electrons. The van der Waals surface area contributed by atoms with Crippen LogP contribution in [0.25, 0.3) is 16.5 Å². The van der Waals surface area contributed by atoms with Crippen LogP contribution in [0.5, 0.6) is 0 Å². The summed E-state index contributed by atoms with van der Waals surface area (Å²) in [5.74, 6) is -0.544. The SMILES string of the molecule is Cc1c([C@@H](C)NC(=O)c2cc(=O)[nH]c(=O)[nH]2)cnn1-c1cccc2ccccc12. The molecule has 2 aromatic heterocycles. The first-order chi connectivity index (χ1) is 13.9. The molecular formula is C21H19N5O3. The van der Waals surface area contributed by atoms with Gasteiger partial charge in [-0.2, -0.15) is 5.10 Å². The molecule has 8 nitrogen and oxygen atoms in total. The van der Waals surface area contributed by atoms with E-state index in [9.17, 15) is 14.4 Å². The maximum atomic E-state index is 12.4. The Labute approximate surface area is 165 Å².